The van der Waals surface area contributed by atoms with Crippen LogP contribution < -0.4 is 0 Å². The predicted molar refractivity (Wildman–Crippen MR) is 136 cm³/mol. The second kappa shape index (κ2) is 9.76. The number of carbonyl (C=O) groups is 3. The summed E-state index contributed by atoms with van der Waals surface area (Å²) in [7, 11) is 0. The molecule has 1 unspecified atom stereocenters. The van der Waals surface area contributed by atoms with Crippen LogP contribution in [-0.4, -0.2) is 71.6 Å². The fraction of sp³-hybridized carbons (Fsp3) is 0.471. The highest BCUT2D eigenvalue weighted by Crippen LogP contribution is 2.35. The summed E-state index contributed by atoms with van der Waals surface area (Å²) in [5.41, 5.74) is 1.09. The molecule has 2 amide bonds. The number of carbonyl (C=O) groups excluding carboxylic acids is 2. The van der Waals surface area contributed by atoms with Crippen LogP contribution in [0, 0.1) is 14.3 Å². The molecule has 0 aromatic heterocycles. The monoisotopic (exact) mass is 836 g/mol. The van der Waals surface area contributed by atoms with Gasteiger partial charge in [0.2, 0.25) is 0 Å². The molecule has 7 nitrogen and oxygen atoms in total. The van der Waals surface area contributed by atoms with Crippen molar-refractivity contribution in [1.82, 2.24) is 9.80 Å². The Balaban J connectivity index is 2.02. The van der Waals surface area contributed by atoms with E-state index in [-0.39, 0.29) is 11.8 Å². The Bertz CT molecular complexity index is 812. The van der Waals surface area contributed by atoms with E-state index in [1.54, 1.807) is 4.90 Å². The van der Waals surface area contributed by atoms with Crippen molar-refractivity contribution in [2.45, 2.75) is 18.9 Å². The van der Waals surface area contributed by atoms with Gasteiger partial charge in [-0.2, -0.15) is 0 Å². The molecule has 152 valence electrons. The van der Waals surface area contributed by atoms with Crippen LogP contribution >= 0.6 is 90.4 Å². The van der Waals surface area contributed by atoms with Crippen molar-refractivity contribution in [3.05, 3.63) is 25.4 Å². The first kappa shape index (κ1) is 23.2. The largest absolute Gasteiger partial charge is 0.480 e. The minimum Gasteiger partial charge on any atom is -0.480 e. The number of carboxylic acids is 1. The maximum atomic E-state index is 13.2. The summed E-state index contributed by atoms with van der Waals surface area (Å²) in [4.78, 5) is 41.1. The minimum absolute atomic E-state index is 0.0588. The smallest absolute Gasteiger partial charge is 0.326 e. The van der Waals surface area contributed by atoms with Gasteiger partial charge in [0.15, 0.2) is 0 Å². The lowest BCUT2D eigenvalue weighted by molar-refractivity contribution is -0.141. The van der Waals surface area contributed by atoms with Crippen LogP contribution in [0.4, 0.5) is 0 Å². The lowest BCUT2D eigenvalue weighted by atomic mass is 10.1. The van der Waals surface area contributed by atoms with Crippen LogP contribution in [0.25, 0.3) is 0 Å². The molecule has 0 aliphatic carbocycles. The number of nitrogens with zero attached hydrogens (tertiary/aromatic N) is 2. The molecule has 1 aromatic carbocycles. The molecular formula is C17H16I4N2O5. The summed E-state index contributed by atoms with van der Waals surface area (Å²) in [6.07, 6.45) is 1.15. The summed E-state index contributed by atoms with van der Waals surface area (Å²) >= 11 is 8.43. The zero-order valence-corrected chi connectivity index (χ0v) is 23.1. The van der Waals surface area contributed by atoms with Crippen LogP contribution in [-0.2, 0) is 9.53 Å². The van der Waals surface area contributed by atoms with Gasteiger partial charge < -0.3 is 19.6 Å². The second-order valence-corrected chi connectivity index (χ2v) is 10.7. The summed E-state index contributed by atoms with van der Waals surface area (Å²) in [5, 5.41) is 9.43. The normalized spacial score (nSPS) is 19.8. The number of ether oxygens (including phenoxy) is 1. The van der Waals surface area contributed by atoms with E-state index in [9.17, 15) is 19.5 Å². The molecule has 3 rings (SSSR count). The number of carboxylic acid groups (broad SMARTS) is 1. The first-order valence-corrected chi connectivity index (χ1v) is 12.8. The molecule has 2 fully saturated rings. The Labute approximate surface area is 216 Å². The van der Waals surface area contributed by atoms with Gasteiger partial charge in [0, 0.05) is 33.9 Å². The van der Waals surface area contributed by atoms with Crippen LogP contribution in [0.3, 0.4) is 0 Å². The summed E-state index contributed by atoms with van der Waals surface area (Å²) in [6.45, 7) is 2.58. The van der Waals surface area contributed by atoms with Crippen molar-refractivity contribution < 1.29 is 24.2 Å². The van der Waals surface area contributed by atoms with Gasteiger partial charge in [0.1, 0.15) is 6.04 Å². The SMILES string of the molecule is O=C(O)C1CCCN1C(=O)c1c(I)c(I)c(C(=O)N2CCOCC2)c(I)c1I. The Hall–Kier alpha value is 0.510. The molecule has 0 bridgehead atoms. The first-order valence-electron chi connectivity index (χ1n) is 8.52. The lowest BCUT2D eigenvalue weighted by Crippen LogP contribution is -2.42. The second-order valence-electron chi connectivity index (χ2n) is 6.41. The predicted octanol–water partition coefficient (Wildman–Crippen LogP) is 3.27. The number of likely N-dealkylation sites (tertiary alicyclic amines) is 1. The molecule has 2 aliphatic heterocycles. The summed E-state index contributed by atoms with van der Waals surface area (Å²) < 4.78 is 8.18. The van der Waals surface area contributed by atoms with Crippen LogP contribution in [0.15, 0.2) is 0 Å². The average molecular weight is 836 g/mol. The number of hydrogen-bond acceptors (Lipinski definition) is 4. The summed E-state index contributed by atoms with van der Waals surface area (Å²) in [6, 6.07) is -0.788. The quantitative estimate of drug-likeness (QED) is 0.374. The molecular weight excluding hydrogens is 820 g/mol. The van der Waals surface area contributed by atoms with E-state index >= 15 is 0 Å². The highest BCUT2D eigenvalue weighted by Gasteiger charge is 2.37. The van der Waals surface area contributed by atoms with E-state index in [1.165, 1.54) is 4.90 Å². The van der Waals surface area contributed by atoms with Gasteiger partial charge in [-0.1, -0.05) is 0 Å². The van der Waals surface area contributed by atoms with Gasteiger partial charge in [-0.15, -0.1) is 0 Å². The van der Waals surface area contributed by atoms with Crippen molar-refractivity contribution in [3.8, 4) is 0 Å². The summed E-state index contributed by atoms with van der Waals surface area (Å²) in [5.74, 6) is -1.31. The third-order valence-electron chi connectivity index (χ3n) is 4.79. The van der Waals surface area contributed by atoms with Crippen molar-refractivity contribution in [3.63, 3.8) is 0 Å². The van der Waals surface area contributed by atoms with Gasteiger partial charge in [0.25, 0.3) is 11.8 Å². The molecule has 2 saturated heterocycles. The highest BCUT2D eigenvalue weighted by atomic mass is 127. The number of rotatable bonds is 3. The lowest BCUT2D eigenvalue weighted by Gasteiger charge is -2.29. The maximum Gasteiger partial charge on any atom is 0.326 e. The number of aliphatic carboxylic acids is 1. The van der Waals surface area contributed by atoms with Crippen LogP contribution in [0.1, 0.15) is 33.6 Å². The molecule has 28 heavy (non-hydrogen) atoms. The average Bonchev–Trinajstić information content (AvgIpc) is 3.17. The van der Waals surface area contributed by atoms with Gasteiger partial charge in [0.05, 0.1) is 24.3 Å². The number of hydrogen-bond donors (Lipinski definition) is 1. The van der Waals surface area contributed by atoms with E-state index in [4.69, 9.17) is 4.74 Å². The Morgan fingerprint density at radius 1 is 0.857 bits per heavy atom. The fourth-order valence-corrected chi connectivity index (χ4v) is 7.45. The third-order valence-corrected chi connectivity index (χ3v) is 11.2. The highest BCUT2D eigenvalue weighted by molar-refractivity contribution is 14.1. The fourth-order valence-electron chi connectivity index (χ4n) is 3.34. The van der Waals surface area contributed by atoms with E-state index in [0.29, 0.717) is 64.0 Å². The standard InChI is InChI=1S/C17H16I4N2O5/c18-11-9(15(24)22-4-6-28-7-5-22)12(19)14(21)10(13(11)20)16(25)23-3-1-2-8(23)17(26)27/h8H,1-7H2,(H,26,27). The number of morpholine rings is 1. The van der Waals surface area contributed by atoms with Crippen LogP contribution in [0.2, 0.25) is 0 Å². The Morgan fingerprint density at radius 3 is 1.86 bits per heavy atom. The van der Waals surface area contributed by atoms with E-state index < -0.39 is 12.0 Å². The number of halogens is 4. The van der Waals surface area contributed by atoms with Crippen molar-refractivity contribution in [2.75, 3.05) is 32.8 Å². The van der Waals surface area contributed by atoms with Crippen LogP contribution in [0.5, 0.6) is 0 Å². The van der Waals surface area contributed by atoms with Crippen molar-refractivity contribution in [2.24, 2.45) is 0 Å². The number of amides is 2. The van der Waals surface area contributed by atoms with E-state index in [1.807, 2.05) is 0 Å². The zero-order chi connectivity index (χ0) is 20.6. The molecule has 1 aromatic rings. The minimum atomic E-state index is -0.973. The first-order chi connectivity index (χ1) is 13.3. The van der Waals surface area contributed by atoms with Gasteiger partial charge >= 0.3 is 5.97 Å². The molecule has 0 radical (unpaired) electrons. The molecule has 1 N–H and O–H groups in total. The van der Waals surface area contributed by atoms with E-state index in [0.717, 1.165) is 7.14 Å². The van der Waals surface area contributed by atoms with E-state index in [2.05, 4.69) is 90.4 Å². The molecule has 2 aliphatic rings. The molecule has 11 heteroatoms. The Kier molecular flexibility index (Phi) is 8.08. The third kappa shape index (κ3) is 4.42. The topological polar surface area (TPSA) is 87.2 Å². The molecule has 0 spiro atoms. The maximum absolute atomic E-state index is 13.2. The number of benzene rings is 1. The van der Waals surface area contributed by atoms with Crippen molar-refractivity contribution in [1.29, 1.82) is 0 Å². The Morgan fingerprint density at radius 2 is 1.36 bits per heavy atom. The molecule has 1 atom stereocenters. The van der Waals surface area contributed by atoms with Crippen molar-refractivity contribution >= 4 is 108 Å². The zero-order valence-electron chi connectivity index (χ0n) is 14.5. The molecule has 2 heterocycles. The van der Waals surface area contributed by atoms with Gasteiger partial charge in [-0.25, -0.2) is 4.79 Å². The molecule has 0 saturated carbocycles. The van der Waals surface area contributed by atoms with Gasteiger partial charge in [-0.05, 0) is 103 Å². The van der Waals surface area contributed by atoms with Gasteiger partial charge in [-0.3, -0.25) is 9.59 Å².